The predicted molar refractivity (Wildman–Crippen MR) is 228 cm³/mol. The standard InChI is InChI=1S/C22H13BrClF8N5O.C19H11BrClF8N3O2/c23-14-6-16(20(26,21(27,28)29)22(30,31)32)36(10-25)18(14)37-8-12(7-34-37)11-1-2-15(24)13(5-11)17(38)35-19(9-33)3-4-19;1-34-16(33)11-4-9(2-3-13(11)21)10-6-30-32(7-10)15-12(20)5-14(31(15)8-22)17(23,18(24,25)26)19(27,28)29/h1-2,5-8H,3-4,10H2,(H,35,38);2-7H,8H2,1H3. The third-order valence-electron chi connectivity index (χ3n) is 10.7. The Morgan fingerprint density at radius 3 is 1.38 bits per heavy atom. The van der Waals surface area contributed by atoms with E-state index >= 15 is 0 Å². The molecule has 11 nitrogen and oxygen atoms in total. The van der Waals surface area contributed by atoms with Gasteiger partial charge in [0.15, 0.2) is 25.2 Å². The fourth-order valence-corrected chi connectivity index (χ4v) is 8.52. The number of rotatable bonds is 11. The molecule has 1 N–H and O–H groups in total. The van der Waals surface area contributed by atoms with E-state index in [4.69, 9.17) is 23.2 Å². The van der Waals surface area contributed by atoms with Gasteiger partial charge < -0.3 is 10.1 Å². The van der Waals surface area contributed by atoms with Crippen molar-refractivity contribution in [3.05, 3.63) is 115 Å². The fourth-order valence-electron chi connectivity index (χ4n) is 6.89. The minimum Gasteiger partial charge on any atom is -0.465 e. The second kappa shape index (κ2) is 19.6. The van der Waals surface area contributed by atoms with Crippen molar-refractivity contribution in [1.29, 1.82) is 5.26 Å². The molecule has 2 aromatic carbocycles. The highest BCUT2D eigenvalue weighted by molar-refractivity contribution is 9.11. The van der Waals surface area contributed by atoms with E-state index < -0.39 is 99.0 Å². The number of nitriles is 1. The summed E-state index contributed by atoms with van der Waals surface area (Å²) in [5, 5.41) is 19.6. The molecule has 0 spiro atoms. The number of hydrogen-bond acceptors (Lipinski definition) is 6. The first-order valence-corrected chi connectivity index (χ1v) is 21.7. The fraction of sp³-hybridized carbons (Fsp3) is 0.293. The van der Waals surface area contributed by atoms with Gasteiger partial charge in [-0.3, -0.25) is 13.9 Å². The Morgan fingerprint density at radius 1 is 0.667 bits per heavy atom. The lowest BCUT2D eigenvalue weighted by Gasteiger charge is -2.30. The Kier molecular flexibility index (Phi) is 15.1. The third-order valence-corrected chi connectivity index (χ3v) is 12.5. The minimum atomic E-state index is -6.45. The maximum Gasteiger partial charge on any atom is 0.437 e. The van der Waals surface area contributed by atoms with Gasteiger partial charge in [0.25, 0.3) is 5.91 Å². The summed E-state index contributed by atoms with van der Waals surface area (Å²) in [6.07, 6.45) is -20.3. The van der Waals surface area contributed by atoms with E-state index in [1.54, 1.807) is 0 Å². The van der Waals surface area contributed by atoms with Gasteiger partial charge in [-0.05, 0) is 92.2 Å². The molecule has 0 bridgehead atoms. The zero-order chi connectivity index (χ0) is 53.9. The molecule has 4 aromatic heterocycles. The highest BCUT2D eigenvalue weighted by Crippen LogP contribution is 2.56. The second-order valence-electron chi connectivity index (χ2n) is 15.2. The van der Waals surface area contributed by atoms with E-state index in [1.807, 2.05) is 6.07 Å². The molecule has 6 aromatic rings. The number of halogens is 20. The normalized spacial score (nSPS) is 14.1. The number of carbonyl (C=O) groups is 2. The predicted octanol–water partition coefficient (Wildman–Crippen LogP) is 13.5. The zero-order valence-electron chi connectivity index (χ0n) is 35.2. The summed E-state index contributed by atoms with van der Waals surface area (Å²) in [7, 11) is 1.12. The largest absolute Gasteiger partial charge is 0.465 e. The Bertz CT molecular complexity index is 3070. The SMILES string of the molecule is COC(=O)c1cc(-c2cnn(-c3c(Br)cc(C(F)(C(F)(F)F)C(F)(F)F)n3CF)c2)ccc1Cl.N#CC1(NC(=O)c2cc(-c3cnn(-c4c(Br)cc(C(F)(C(F)(F)F)C(F)(F)F)n4CF)c3)ccc2Cl)CC1. The molecule has 0 saturated heterocycles. The first kappa shape index (κ1) is 55.6. The van der Waals surface area contributed by atoms with Crippen molar-refractivity contribution >= 4 is 66.9 Å². The van der Waals surface area contributed by atoms with Crippen molar-refractivity contribution < 1.29 is 84.6 Å². The van der Waals surface area contributed by atoms with Gasteiger partial charge in [-0.2, -0.15) is 68.1 Å². The van der Waals surface area contributed by atoms with Crippen LogP contribution in [0.25, 0.3) is 33.9 Å². The van der Waals surface area contributed by atoms with Crippen molar-refractivity contribution in [2.75, 3.05) is 7.11 Å². The topological polar surface area (TPSA) is 125 Å². The quantitative estimate of drug-likeness (QED) is 0.102. The molecule has 0 aliphatic heterocycles. The number of nitrogens with zero attached hydrogens (tertiary/aromatic N) is 7. The molecule has 7 rings (SSSR count). The molecule has 31 heteroatoms. The molecule has 1 amide bonds. The van der Waals surface area contributed by atoms with Crippen LogP contribution in [-0.4, -0.2) is 77.9 Å². The van der Waals surface area contributed by atoms with Crippen molar-refractivity contribution in [2.24, 2.45) is 0 Å². The van der Waals surface area contributed by atoms with Crippen LogP contribution in [0, 0.1) is 11.3 Å². The molecule has 1 fully saturated rings. The van der Waals surface area contributed by atoms with Crippen molar-refractivity contribution in [3.8, 4) is 40.0 Å². The summed E-state index contributed by atoms with van der Waals surface area (Å²) >= 11 is 17.6. The molecule has 1 aliphatic carbocycles. The highest BCUT2D eigenvalue weighted by atomic mass is 79.9. The number of nitrogens with one attached hydrogen (secondary N) is 1. The van der Waals surface area contributed by atoms with E-state index in [-0.39, 0.29) is 53.6 Å². The van der Waals surface area contributed by atoms with Crippen molar-refractivity contribution in [3.63, 3.8) is 0 Å². The molecule has 386 valence electrons. The number of ether oxygens (including phenoxy) is 1. The van der Waals surface area contributed by atoms with Gasteiger partial charge in [-0.15, -0.1) is 0 Å². The molecule has 1 saturated carbocycles. The number of carbonyl (C=O) groups excluding carboxylic acids is 2. The molecular weight excluding hydrogens is 1190 g/mol. The van der Waals surface area contributed by atoms with Crippen LogP contribution in [0.1, 0.15) is 44.9 Å². The van der Waals surface area contributed by atoms with Crippen molar-refractivity contribution in [1.82, 2.24) is 34.0 Å². The lowest BCUT2D eigenvalue weighted by molar-refractivity contribution is -0.351. The van der Waals surface area contributed by atoms with E-state index in [1.165, 1.54) is 36.4 Å². The summed E-state index contributed by atoms with van der Waals surface area (Å²) < 4.78 is 221. The van der Waals surface area contributed by atoms with Crippen LogP contribution in [-0.2, 0) is 29.7 Å². The van der Waals surface area contributed by atoms with Gasteiger partial charge in [0.1, 0.15) is 5.54 Å². The van der Waals surface area contributed by atoms with Crippen LogP contribution in [0.15, 0.2) is 82.3 Å². The smallest absolute Gasteiger partial charge is 0.437 e. The lowest BCUT2D eigenvalue weighted by Crippen LogP contribution is -2.51. The Labute approximate surface area is 419 Å². The Hall–Kier alpha value is -5.73. The molecule has 0 radical (unpaired) electrons. The van der Waals surface area contributed by atoms with Crippen LogP contribution >= 0.6 is 55.1 Å². The van der Waals surface area contributed by atoms with E-state index in [0.717, 1.165) is 41.3 Å². The maximum atomic E-state index is 14.7. The summed E-state index contributed by atoms with van der Waals surface area (Å²) in [5.74, 6) is -2.69. The number of methoxy groups -OCH3 is 1. The third kappa shape index (κ3) is 9.89. The van der Waals surface area contributed by atoms with Crippen LogP contribution in [0.3, 0.4) is 0 Å². The molecular formula is C41H24Br2Cl2F16N8O3. The molecule has 72 heavy (non-hydrogen) atoms. The highest BCUT2D eigenvalue weighted by Gasteiger charge is 2.76. The van der Waals surface area contributed by atoms with Gasteiger partial charge >= 0.3 is 42.0 Å². The van der Waals surface area contributed by atoms with Gasteiger partial charge in [0.05, 0.1) is 67.1 Å². The Balaban J connectivity index is 0.000000237. The minimum absolute atomic E-state index is 0.00777. The first-order chi connectivity index (χ1) is 33.2. The number of benzene rings is 2. The van der Waals surface area contributed by atoms with Crippen LogP contribution < -0.4 is 5.32 Å². The average Bonchev–Trinajstić information content (AvgIpc) is 3.68. The van der Waals surface area contributed by atoms with Gasteiger partial charge in [-0.1, -0.05) is 35.3 Å². The molecule has 1 aliphatic rings. The maximum absolute atomic E-state index is 14.7. The zero-order valence-corrected chi connectivity index (χ0v) is 39.9. The number of amides is 1. The number of hydrogen-bond donors (Lipinski definition) is 1. The number of esters is 1. The van der Waals surface area contributed by atoms with Crippen LogP contribution in [0.4, 0.5) is 70.2 Å². The lowest BCUT2D eigenvalue weighted by atomic mass is 10.0. The van der Waals surface area contributed by atoms with E-state index in [2.05, 4.69) is 52.1 Å². The number of aromatic nitrogens is 6. The second-order valence-corrected chi connectivity index (χ2v) is 17.7. The summed E-state index contributed by atoms with van der Waals surface area (Å²) in [4.78, 5) is 24.5. The summed E-state index contributed by atoms with van der Waals surface area (Å²) in [6.45, 7) is -3.88. The number of alkyl halides is 16. The average molecular weight is 1210 g/mol. The monoisotopic (exact) mass is 1210 g/mol. The summed E-state index contributed by atoms with van der Waals surface area (Å²) in [6, 6.07) is 10.6. The molecule has 0 atom stereocenters. The van der Waals surface area contributed by atoms with Gasteiger partial charge in [-0.25, -0.2) is 31.7 Å². The van der Waals surface area contributed by atoms with Crippen molar-refractivity contribution in [2.45, 2.75) is 68.0 Å². The first-order valence-electron chi connectivity index (χ1n) is 19.3. The van der Waals surface area contributed by atoms with Gasteiger partial charge in [0.2, 0.25) is 0 Å². The van der Waals surface area contributed by atoms with Crippen LogP contribution in [0.5, 0.6) is 0 Å². The Morgan fingerprint density at radius 2 is 1.04 bits per heavy atom. The molecule has 0 unspecified atom stereocenters. The van der Waals surface area contributed by atoms with Gasteiger partial charge in [0, 0.05) is 23.5 Å². The van der Waals surface area contributed by atoms with E-state index in [9.17, 15) is 85.1 Å². The van der Waals surface area contributed by atoms with E-state index in [0.29, 0.717) is 24.0 Å². The van der Waals surface area contributed by atoms with Crippen LogP contribution in [0.2, 0.25) is 10.0 Å². The summed E-state index contributed by atoms with van der Waals surface area (Å²) in [5.41, 5.74) is -15.8. The molecule has 4 heterocycles.